The molecule has 0 aliphatic carbocycles. The molecule has 4 heteroatoms. The van der Waals surface area contributed by atoms with Crippen molar-refractivity contribution in [2.75, 3.05) is 0 Å². The van der Waals surface area contributed by atoms with Gasteiger partial charge in [-0.3, -0.25) is 0 Å². The number of H-pyrrole nitrogens is 3. The summed E-state index contributed by atoms with van der Waals surface area (Å²) in [6.07, 6.45) is 4.28. The lowest BCUT2D eigenvalue weighted by Gasteiger charge is -2.05. The third kappa shape index (κ3) is 4.13. The smallest absolute Gasteiger partial charge is 0.0737 e. The Morgan fingerprint density at radius 1 is 0.381 bits per heavy atom. The molecule has 3 N–H and O–H groups in total. The maximum atomic E-state index is 5.29. The van der Waals surface area contributed by atoms with Gasteiger partial charge in [-0.1, -0.05) is 90.5 Å². The quantitative estimate of drug-likeness (QED) is 0.205. The number of aryl methyl sites for hydroxylation is 1. The van der Waals surface area contributed by atoms with Crippen LogP contribution in [0.25, 0.3) is 78.6 Å². The molecule has 0 unspecified atom stereocenters. The highest BCUT2D eigenvalue weighted by Crippen LogP contribution is 2.36. The largest absolute Gasteiger partial charge is 0.354 e. The van der Waals surface area contributed by atoms with E-state index in [1.807, 2.05) is 0 Å². The number of hydrogen-bond acceptors (Lipinski definition) is 1. The molecule has 8 bridgehead atoms. The number of fused-ring (bicyclic) bond motifs is 9. The lowest BCUT2D eigenvalue weighted by Crippen LogP contribution is -1.88. The number of hydrogen-bond donors (Lipinski definition) is 3. The highest BCUT2D eigenvalue weighted by atomic mass is 14.8. The average molecular weight is 541 g/mol. The fourth-order valence-corrected chi connectivity index (χ4v) is 5.99. The predicted octanol–water partition coefficient (Wildman–Crippen LogP) is 10.0. The van der Waals surface area contributed by atoms with E-state index in [1.54, 1.807) is 0 Å². The van der Waals surface area contributed by atoms with E-state index in [2.05, 4.69) is 155 Å². The van der Waals surface area contributed by atoms with E-state index in [1.165, 1.54) is 5.56 Å². The second-order valence-corrected chi connectivity index (χ2v) is 10.8. The van der Waals surface area contributed by atoms with Gasteiger partial charge in [-0.15, -0.1) is 0 Å². The molecule has 0 radical (unpaired) electrons. The number of nitrogens with zero attached hydrogens (tertiary/aromatic N) is 1. The zero-order chi connectivity index (χ0) is 28.0. The molecule has 0 saturated carbocycles. The monoisotopic (exact) mass is 540 g/mol. The SMILES string of the molecule is Cc1ccc(-c2c3nc(c(-c4ccccc4)c4ccc([nH]4)c(-c4ccccc4)c4ccc([nH]4)c4ccc2[nH]4)C=C3)cc1. The maximum absolute atomic E-state index is 5.29. The summed E-state index contributed by atoms with van der Waals surface area (Å²) in [4.78, 5) is 16.5. The molecule has 1 aliphatic heterocycles. The summed E-state index contributed by atoms with van der Waals surface area (Å²) in [7, 11) is 0. The molecule has 5 heterocycles. The van der Waals surface area contributed by atoms with Gasteiger partial charge in [0, 0.05) is 38.8 Å². The molecular formula is C38H28N4. The van der Waals surface area contributed by atoms with Crippen LogP contribution >= 0.6 is 0 Å². The van der Waals surface area contributed by atoms with Crippen LogP contribution in [0.3, 0.4) is 0 Å². The minimum Gasteiger partial charge on any atom is -0.354 e. The van der Waals surface area contributed by atoms with E-state index in [0.717, 1.165) is 77.9 Å². The van der Waals surface area contributed by atoms with Crippen LogP contribution in [-0.2, 0) is 0 Å². The van der Waals surface area contributed by atoms with Crippen molar-refractivity contribution in [2.24, 2.45) is 0 Å². The highest BCUT2D eigenvalue weighted by molar-refractivity contribution is 5.99. The molecule has 7 aromatic rings. The van der Waals surface area contributed by atoms with Gasteiger partial charge in [-0.25, -0.2) is 4.98 Å². The Morgan fingerprint density at radius 2 is 0.762 bits per heavy atom. The molecule has 0 amide bonds. The first-order valence-corrected chi connectivity index (χ1v) is 14.2. The topological polar surface area (TPSA) is 60.3 Å². The Bertz CT molecular complexity index is 2230. The van der Waals surface area contributed by atoms with E-state index in [4.69, 9.17) is 4.98 Å². The Balaban J connectivity index is 1.56. The van der Waals surface area contributed by atoms with Crippen molar-refractivity contribution in [3.05, 3.63) is 138 Å². The summed E-state index contributed by atoms with van der Waals surface area (Å²) < 4.78 is 0. The average Bonchev–Trinajstić information content (AvgIpc) is 3.85. The lowest BCUT2D eigenvalue weighted by atomic mass is 10.0. The third-order valence-corrected chi connectivity index (χ3v) is 8.04. The second-order valence-electron chi connectivity index (χ2n) is 10.8. The molecule has 1 aliphatic rings. The van der Waals surface area contributed by atoms with E-state index >= 15 is 0 Å². The third-order valence-electron chi connectivity index (χ3n) is 8.04. The summed E-state index contributed by atoms with van der Waals surface area (Å²) in [5.41, 5.74) is 15.9. The van der Waals surface area contributed by atoms with Crippen molar-refractivity contribution in [1.82, 2.24) is 19.9 Å². The maximum Gasteiger partial charge on any atom is 0.0737 e. The van der Waals surface area contributed by atoms with Gasteiger partial charge in [0.2, 0.25) is 0 Å². The molecule has 8 rings (SSSR count). The molecule has 200 valence electrons. The summed E-state index contributed by atoms with van der Waals surface area (Å²) >= 11 is 0. The molecule has 3 aromatic carbocycles. The first kappa shape index (κ1) is 24.2. The number of aromatic amines is 3. The zero-order valence-electron chi connectivity index (χ0n) is 23.1. The van der Waals surface area contributed by atoms with Crippen molar-refractivity contribution < 1.29 is 0 Å². The van der Waals surface area contributed by atoms with Crippen LogP contribution in [0.2, 0.25) is 0 Å². The number of aromatic nitrogens is 4. The van der Waals surface area contributed by atoms with Crippen LogP contribution in [0.5, 0.6) is 0 Å². The van der Waals surface area contributed by atoms with Crippen LogP contribution in [-0.4, -0.2) is 19.9 Å². The lowest BCUT2D eigenvalue weighted by molar-refractivity contribution is 1.32. The highest BCUT2D eigenvalue weighted by Gasteiger charge is 2.16. The minimum atomic E-state index is 0.929. The van der Waals surface area contributed by atoms with Gasteiger partial charge in [0.15, 0.2) is 0 Å². The van der Waals surface area contributed by atoms with Crippen LogP contribution < -0.4 is 0 Å². The number of benzene rings is 3. The molecule has 0 saturated heterocycles. The molecular weight excluding hydrogens is 512 g/mol. The van der Waals surface area contributed by atoms with E-state index in [-0.39, 0.29) is 0 Å². The normalized spacial score (nSPS) is 11.8. The molecule has 4 nitrogen and oxygen atoms in total. The Labute approximate surface area is 243 Å². The summed E-state index contributed by atoms with van der Waals surface area (Å²) in [6, 6.07) is 42.7. The summed E-state index contributed by atoms with van der Waals surface area (Å²) in [6.45, 7) is 2.12. The van der Waals surface area contributed by atoms with Gasteiger partial charge >= 0.3 is 0 Å². The van der Waals surface area contributed by atoms with Gasteiger partial charge in [0.05, 0.1) is 22.4 Å². The van der Waals surface area contributed by atoms with Crippen LogP contribution in [0.15, 0.2) is 121 Å². The van der Waals surface area contributed by atoms with Gasteiger partial charge in [-0.2, -0.15) is 0 Å². The van der Waals surface area contributed by atoms with Gasteiger partial charge in [-0.05, 0) is 72.2 Å². The van der Waals surface area contributed by atoms with Gasteiger partial charge < -0.3 is 15.0 Å². The van der Waals surface area contributed by atoms with Gasteiger partial charge in [0.25, 0.3) is 0 Å². The Hall–Kier alpha value is -5.61. The first-order valence-electron chi connectivity index (χ1n) is 14.2. The molecule has 0 fully saturated rings. The second kappa shape index (κ2) is 9.79. The fraction of sp³-hybridized carbons (Fsp3) is 0.0263. The molecule has 0 spiro atoms. The summed E-state index contributed by atoms with van der Waals surface area (Å²) in [5, 5.41) is 0. The zero-order valence-corrected chi connectivity index (χ0v) is 23.1. The number of rotatable bonds is 3. The summed E-state index contributed by atoms with van der Waals surface area (Å²) in [5.74, 6) is 0. The van der Waals surface area contributed by atoms with Crippen LogP contribution in [0.1, 0.15) is 17.0 Å². The van der Waals surface area contributed by atoms with Gasteiger partial charge in [0.1, 0.15) is 0 Å². The predicted molar refractivity (Wildman–Crippen MR) is 176 cm³/mol. The molecule has 42 heavy (non-hydrogen) atoms. The Kier molecular flexibility index (Phi) is 5.64. The van der Waals surface area contributed by atoms with E-state index in [9.17, 15) is 0 Å². The van der Waals surface area contributed by atoms with Crippen LogP contribution in [0, 0.1) is 6.92 Å². The fourth-order valence-electron chi connectivity index (χ4n) is 5.99. The van der Waals surface area contributed by atoms with Crippen LogP contribution in [0.4, 0.5) is 0 Å². The number of nitrogens with one attached hydrogen (secondary N) is 3. The minimum absolute atomic E-state index is 0.929. The van der Waals surface area contributed by atoms with Crippen molar-refractivity contribution >= 4 is 45.3 Å². The standard InChI is InChI=1S/C38H28N4/c1-24-12-14-27(15-13-24)38-31-19-17-29(40-31)28-16-18-30(39-28)36(25-8-4-2-5-9-25)32-20-21-33(41-32)37(26-10-6-3-7-11-26)34-22-23-35(38)42-34/h2-23,39-41H,1H3. The van der Waals surface area contributed by atoms with Crippen molar-refractivity contribution in [1.29, 1.82) is 0 Å². The van der Waals surface area contributed by atoms with E-state index < -0.39 is 0 Å². The molecule has 0 atom stereocenters. The van der Waals surface area contributed by atoms with Crippen molar-refractivity contribution in [3.8, 4) is 33.4 Å². The van der Waals surface area contributed by atoms with Crippen molar-refractivity contribution in [2.45, 2.75) is 6.92 Å². The van der Waals surface area contributed by atoms with Crippen molar-refractivity contribution in [3.63, 3.8) is 0 Å². The van der Waals surface area contributed by atoms with E-state index in [0.29, 0.717) is 0 Å². The first-order chi connectivity index (χ1) is 20.7. The Morgan fingerprint density at radius 3 is 1.26 bits per heavy atom. The molecule has 4 aromatic heterocycles.